The summed E-state index contributed by atoms with van der Waals surface area (Å²) in [5.41, 5.74) is 6.61. The van der Waals surface area contributed by atoms with Crippen LogP contribution in [0, 0.1) is 0 Å². The summed E-state index contributed by atoms with van der Waals surface area (Å²) in [7, 11) is 0. The fourth-order valence-corrected chi connectivity index (χ4v) is 3.66. The Morgan fingerprint density at radius 3 is 2.80 bits per heavy atom. The molecule has 0 saturated carbocycles. The van der Waals surface area contributed by atoms with E-state index in [0.717, 1.165) is 68.7 Å². The molecule has 1 unspecified atom stereocenters. The van der Waals surface area contributed by atoms with Gasteiger partial charge in [0.15, 0.2) is 11.5 Å². The summed E-state index contributed by atoms with van der Waals surface area (Å²) in [4.78, 5) is 14.7. The first-order valence-electron chi connectivity index (χ1n) is 9.19. The van der Waals surface area contributed by atoms with Crippen LogP contribution in [-0.2, 0) is 4.79 Å². The largest absolute Gasteiger partial charge is 0.486 e. The molecule has 0 aliphatic carbocycles. The number of likely N-dealkylation sites (tertiary alicyclic amines) is 1. The zero-order valence-corrected chi connectivity index (χ0v) is 15.6. The number of carbonyl (C=O) groups is 1. The van der Waals surface area contributed by atoms with Gasteiger partial charge in [0.05, 0.1) is 6.04 Å². The van der Waals surface area contributed by atoms with Gasteiger partial charge in [-0.2, -0.15) is 0 Å². The Bertz CT molecular complexity index is 568. The average molecular weight is 369 g/mol. The molecular formula is C19H29ClN2O3. The van der Waals surface area contributed by atoms with Crippen molar-refractivity contribution in [3.63, 3.8) is 0 Å². The van der Waals surface area contributed by atoms with Crippen molar-refractivity contribution >= 4 is 18.3 Å². The highest BCUT2D eigenvalue weighted by atomic mass is 35.5. The fraction of sp³-hybridized carbons (Fsp3) is 0.632. The summed E-state index contributed by atoms with van der Waals surface area (Å²) in [6, 6.07) is 6.14. The summed E-state index contributed by atoms with van der Waals surface area (Å²) in [6.45, 7) is 2.75. The topological polar surface area (TPSA) is 64.8 Å². The van der Waals surface area contributed by atoms with Crippen molar-refractivity contribution in [3.8, 4) is 11.5 Å². The minimum atomic E-state index is 0. The predicted octanol–water partition coefficient (Wildman–Crippen LogP) is 3.45. The lowest BCUT2D eigenvalue weighted by atomic mass is 10.0. The molecular weight excluding hydrogens is 340 g/mol. The molecule has 1 aromatic rings. The van der Waals surface area contributed by atoms with Gasteiger partial charge in [0.1, 0.15) is 13.2 Å². The maximum Gasteiger partial charge on any atom is 0.223 e. The number of hydrogen-bond donors (Lipinski definition) is 1. The second kappa shape index (κ2) is 9.88. The normalized spacial score (nSPS) is 18.8. The van der Waals surface area contributed by atoms with Crippen LogP contribution in [0.25, 0.3) is 0 Å². The van der Waals surface area contributed by atoms with Crippen LogP contribution in [0.2, 0.25) is 0 Å². The monoisotopic (exact) mass is 368 g/mol. The van der Waals surface area contributed by atoms with Gasteiger partial charge >= 0.3 is 0 Å². The van der Waals surface area contributed by atoms with E-state index in [1.54, 1.807) is 0 Å². The highest BCUT2D eigenvalue weighted by molar-refractivity contribution is 5.85. The summed E-state index contributed by atoms with van der Waals surface area (Å²) in [5, 5.41) is 0. The maximum absolute atomic E-state index is 12.7. The molecule has 1 saturated heterocycles. The van der Waals surface area contributed by atoms with Crippen LogP contribution in [0.4, 0.5) is 0 Å². The standard InChI is InChI=1S/C19H28N2O3.ClH/c20-11-4-2-1-3-10-18(22)21-12-6-8-16(21)15-7-5-9-17-19(15)24-14-13-23-17;/h5,7,9,16H,1-4,6,8,10-14,20H2;1H. The Labute approximate surface area is 156 Å². The first-order chi connectivity index (χ1) is 11.8. The van der Waals surface area contributed by atoms with Gasteiger partial charge in [0.25, 0.3) is 0 Å². The molecule has 0 spiro atoms. The molecule has 1 aromatic carbocycles. The van der Waals surface area contributed by atoms with Crippen molar-refractivity contribution in [2.24, 2.45) is 5.73 Å². The van der Waals surface area contributed by atoms with Crippen molar-refractivity contribution in [2.45, 2.75) is 51.0 Å². The lowest BCUT2D eigenvalue weighted by Gasteiger charge is -2.29. The van der Waals surface area contributed by atoms with Gasteiger partial charge in [-0.05, 0) is 38.3 Å². The number of amides is 1. The predicted molar refractivity (Wildman–Crippen MR) is 101 cm³/mol. The lowest BCUT2D eigenvalue weighted by molar-refractivity contribution is -0.132. The molecule has 5 nitrogen and oxygen atoms in total. The van der Waals surface area contributed by atoms with Gasteiger partial charge in [0, 0.05) is 18.5 Å². The number of benzene rings is 1. The van der Waals surface area contributed by atoms with Crippen LogP contribution in [0.5, 0.6) is 11.5 Å². The van der Waals surface area contributed by atoms with Crippen LogP contribution < -0.4 is 15.2 Å². The Hall–Kier alpha value is -1.46. The van der Waals surface area contributed by atoms with Crippen molar-refractivity contribution in [1.82, 2.24) is 4.90 Å². The first kappa shape index (κ1) is 19.9. The van der Waals surface area contributed by atoms with Crippen LogP contribution in [0.3, 0.4) is 0 Å². The summed E-state index contributed by atoms with van der Waals surface area (Å²) >= 11 is 0. The molecule has 140 valence electrons. The highest BCUT2D eigenvalue weighted by Gasteiger charge is 2.33. The van der Waals surface area contributed by atoms with Crippen molar-refractivity contribution in [2.75, 3.05) is 26.3 Å². The molecule has 0 aromatic heterocycles. The molecule has 1 amide bonds. The van der Waals surface area contributed by atoms with E-state index < -0.39 is 0 Å². The van der Waals surface area contributed by atoms with Crippen molar-refractivity contribution in [1.29, 1.82) is 0 Å². The third-order valence-electron chi connectivity index (χ3n) is 4.87. The zero-order chi connectivity index (χ0) is 16.8. The molecule has 25 heavy (non-hydrogen) atoms. The molecule has 2 N–H and O–H groups in total. The molecule has 2 aliphatic rings. The number of nitrogens with two attached hydrogens (primary N) is 1. The Morgan fingerprint density at radius 2 is 1.96 bits per heavy atom. The van der Waals surface area contributed by atoms with Gasteiger partial charge in [-0.1, -0.05) is 25.0 Å². The van der Waals surface area contributed by atoms with Crippen LogP contribution in [0.15, 0.2) is 18.2 Å². The van der Waals surface area contributed by atoms with E-state index in [9.17, 15) is 4.79 Å². The third kappa shape index (κ3) is 4.79. The number of carbonyl (C=O) groups excluding carboxylic acids is 1. The molecule has 0 bridgehead atoms. The van der Waals surface area contributed by atoms with E-state index in [1.807, 2.05) is 17.0 Å². The molecule has 0 radical (unpaired) electrons. The van der Waals surface area contributed by atoms with E-state index >= 15 is 0 Å². The SMILES string of the molecule is Cl.NCCCCCCC(=O)N1CCCC1c1cccc2c1OCCO2. The van der Waals surface area contributed by atoms with E-state index in [-0.39, 0.29) is 24.4 Å². The Balaban J connectivity index is 0.00000225. The second-order valence-corrected chi connectivity index (χ2v) is 6.57. The average Bonchev–Trinajstić information content (AvgIpc) is 3.10. The number of para-hydroxylation sites is 1. The second-order valence-electron chi connectivity index (χ2n) is 6.57. The molecule has 3 rings (SSSR count). The van der Waals surface area contributed by atoms with Gasteiger partial charge < -0.3 is 20.1 Å². The fourth-order valence-electron chi connectivity index (χ4n) is 3.66. The summed E-state index contributed by atoms with van der Waals surface area (Å²) < 4.78 is 11.5. The van der Waals surface area contributed by atoms with E-state index in [2.05, 4.69) is 6.07 Å². The van der Waals surface area contributed by atoms with E-state index in [4.69, 9.17) is 15.2 Å². The number of fused-ring (bicyclic) bond motifs is 1. The lowest BCUT2D eigenvalue weighted by Crippen LogP contribution is -2.31. The van der Waals surface area contributed by atoms with Gasteiger partial charge in [-0.3, -0.25) is 4.79 Å². The summed E-state index contributed by atoms with van der Waals surface area (Å²) in [5.74, 6) is 1.90. The number of rotatable bonds is 7. The molecule has 6 heteroatoms. The Kier molecular flexibility index (Phi) is 7.85. The highest BCUT2D eigenvalue weighted by Crippen LogP contribution is 2.42. The summed E-state index contributed by atoms with van der Waals surface area (Å²) in [6.07, 6.45) is 6.88. The zero-order valence-electron chi connectivity index (χ0n) is 14.7. The molecule has 2 heterocycles. The van der Waals surface area contributed by atoms with Gasteiger partial charge in [-0.25, -0.2) is 0 Å². The van der Waals surface area contributed by atoms with Crippen LogP contribution in [0.1, 0.15) is 56.6 Å². The van der Waals surface area contributed by atoms with Crippen LogP contribution >= 0.6 is 12.4 Å². The minimum Gasteiger partial charge on any atom is -0.486 e. The van der Waals surface area contributed by atoms with Gasteiger partial charge in [-0.15, -0.1) is 12.4 Å². The number of unbranched alkanes of at least 4 members (excludes halogenated alkanes) is 3. The first-order valence-corrected chi connectivity index (χ1v) is 9.19. The smallest absolute Gasteiger partial charge is 0.223 e. The third-order valence-corrected chi connectivity index (χ3v) is 4.87. The van der Waals surface area contributed by atoms with Crippen LogP contribution in [-0.4, -0.2) is 37.1 Å². The number of hydrogen-bond acceptors (Lipinski definition) is 4. The number of halogens is 1. The minimum absolute atomic E-state index is 0. The molecule has 2 aliphatic heterocycles. The van der Waals surface area contributed by atoms with E-state index in [1.165, 1.54) is 0 Å². The molecule has 1 fully saturated rings. The Morgan fingerprint density at radius 1 is 1.16 bits per heavy atom. The molecule has 1 atom stereocenters. The maximum atomic E-state index is 12.7. The van der Waals surface area contributed by atoms with Gasteiger partial charge in [0.2, 0.25) is 5.91 Å². The number of ether oxygens (including phenoxy) is 2. The van der Waals surface area contributed by atoms with Crippen molar-refractivity contribution < 1.29 is 14.3 Å². The van der Waals surface area contributed by atoms with E-state index in [0.29, 0.717) is 19.6 Å². The number of nitrogens with zero attached hydrogens (tertiary/aromatic N) is 1. The quantitative estimate of drug-likeness (QED) is 0.748. The van der Waals surface area contributed by atoms with Crippen molar-refractivity contribution in [3.05, 3.63) is 23.8 Å².